The van der Waals surface area contributed by atoms with Gasteiger partial charge in [-0.2, -0.15) is 0 Å². The minimum atomic E-state index is -3.52. The zero-order chi connectivity index (χ0) is 15.6. The van der Waals surface area contributed by atoms with Crippen LogP contribution >= 0.6 is 15.9 Å². The number of piperidine rings is 1. The number of nitrogens with zero attached hydrogens (tertiary/aromatic N) is 1. The van der Waals surface area contributed by atoms with E-state index in [0.717, 1.165) is 4.47 Å². The van der Waals surface area contributed by atoms with Crippen molar-refractivity contribution in [1.82, 2.24) is 4.31 Å². The first-order chi connectivity index (χ1) is 9.79. The lowest BCUT2D eigenvalue weighted by Crippen LogP contribution is -2.45. The van der Waals surface area contributed by atoms with Gasteiger partial charge in [0.05, 0.1) is 11.7 Å². The van der Waals surface area contributed by atoms with Gasteiger partial charge in [-0.3, -0.25) is 4.79 Å². The van der Waals surface area contributed by atoms with Crippen LogP contribution in [0.5, 0.6) is 0 Å². The molecule has 7 heteroatoms. The van der Waals surface area contributed by atoms with Crippen molar-refractivity contribution >= 4 is 31.9 Å². The molecule has 116 valence electrons. The van der Waals surface area contributed by atoms with Crippen molar-refractivity contribution < 1.29 is 18.3 Å². The van der Waals surface area contributed by atoms with Crippen LogP contribution in [-0.2, 0) is 20.6 Å². The Morgan fingerprint density at radius 3 is 2.67 bits per heavy atom. The summed E-state index contributed by atoms with van der Waals surface area (Å²) >= 11 is 3.34. The Labute approximate surface area is 133 Å². The van der Waals surface area contributed by atoms with E-state index in [1.54, 1.807) is 18.2 Å². The first-order valence-corrected chi connectivity index (χ1v) is 9.14. The van der Waals surface area contributed by atoms with E-state index in [1.807, 2.05) is 13.0 Å². The van der Waals surface area contributed by atoms with Gasteiger partial charge in [0, 0.05) is 17.6 Å². The van der Waals surface area contributed by atoms with Crippen LogP contribution in [0, 0.1) is 11.8 Å². The summed E-state index contributed by atoms with van der Waals surface area (Å²) in [4.78, 5) is 11.2. The summed E-state index contributed by atoms with van der Waals surface area (Å²) in [5, 5.41) is 9.14. The summed E-state index contributed by atoms with van der Waals surface area (Å²) in [5.74, 6) is -1.62. The first-order valence-electron chi connectivity index (χ1n) is 6.73. The van der Waals surface area contributed by atoms with Crippen molar-refractivity contribution in [3.63, 3.8) is 0 Å². The van der Waals surface area contributed by atoms with Gasteiger partial charge >= 0.3 is 5.97 Å². The van der Waals surface area contributed by atoms with Crippen LogP contribution < -0.4 is 0 Å². The highest BCUT2D eigenvalue weighted by Gasteiger charge is 2.35. The quantitative estimate of drug-likeness (QED) is 0.875. The molecule has 21 heavy (non-hydrogen) atoms. The Hall–Kier alpha value is -0.920. The fraction of sp³-hybridized carbons (Fsp3) is 0.500. The number of hydrogen-bond acceptors (Lipinski definition) is 3. The van der Waals surface area contributed by atoms with Crippen LogP contribution in [0.2, 0.25) is 0 Å². The van der Waals surface area contributed by atoms with Gasteiger partial charge in [-0.15, -0.1) is 0 Å². The number of benzene rings is 1. The standard InChI is InChI=1S/C14H18BrNO4S/c1-10-6-12(14(17)18)8-16(7-10)21(19,20)9-11-4-2-3-5-13(11)15/h2-5,10,12H,6-9H2,1H3,(H,17,18). The molecule has 1 aromatic rings. The molecule has 1 heterocycles. The molecule has 0 aromatic heterocycles. The molecule has 0 spiro atoms. The molecule has 2 atom stereocenters. The lowest BCUT2D eigenvalue weighted by molar-refractivity contribution is -0.143. The van der Waals surface area contributed by atoms with Crippen molar-refractivity contribution in [2.75, 3.05) is 13.1 Å². The van der Waals surface area contributed by atoms with E-state index in [4.69, 9.17) is 5.11 Å². The van der Waals surface area contributed by atoms with Crippen LogP contribution in [0.25, 0.3) is 0 Å². The van der Waals surface area contributed by atoms with E-state index in [2.05, 4.69) is 15.9 Å². The number of carboxylic acid groups (broad SMARTS) is 1. The molecule has 1 saturated heterocycles. The predicted molar refractivity (Wildman–Crippen MR) is 83.2 cm³/mol. The molecule has 0 saturated carbocycles. The Bertz CT molecular complexity index is 632. The molecule has 0 bridgehead atoms. The van der Waals surface area contributed by atoms with Gasteiger partial charge in [0.25, 0.3) is 0 Å². The Morgan fingerprint density at radius 2 is 2.05 bits per heavy atom. The molecule has 0 radical (unpaired) electrons. The van der Waals surface area contributed by atoms with Crippen molar-refractivity contribution in [1.29, 1.82) is 0 Å². The van der Waals surface area contributed by atoms with Gasteiger partial charge in [-0.25, -0.2) is 12.7 Å². The first kappa shape index (κ1) is 16.5. The molecular weight excluding hydrogens is 358 g/mol. The van der Waals surface area contributed by atoms with E-state index in [0.29, 0.717) is 18.5 Å². The normalized spacial score (nSPS) is 23.9. The van der Waals surface area contributed by atoms with Crippen molar-refractivity contribution in [3.05, 3.63) is 34.3 Å². The number of sulfonamides is 1. The fourth-order valence-electron chi connectivity index (χ4n) is 2.61. The van der Waals surface area contributed by atoms with Gasteiger partial charge < -0.3 is 5.11 Å². The molecule has 2 unspecified atom stereocenters. The third kappa shape index (κ3) is 4.05. The monoisotopic (exact) mass is 375 g/mol. The Kier molecular flexibility index (Phi) is 5.06. The Balaban J connectivity index is 2.19. The van der Waals surface area contributed by atoms with E-state index in [-0.39, 0.29) is 18.2 Å². The van der Waals surface area contributed by atoms with E-state index in [1.165, 1.54) is 4.31 Å². The molecule has 0 amide bonds. The summed E-state index contributed by atoms with van der Waals surface area (Å²) in [5.41, 5.74) is 0.683. The maximum atomic E-state index is 12.5. The van der Waals surface area contributed by atoms with Crippen molar-refractivity contribution in [3.8, 4) is 0 Å². The number of rotatable bonds is 4. The highest BCUT2D eigenvalue weighted by atomic mass is 79.9. The second-order valence-corrected chi connectivity index (χ2v) is 8.36. The highest BCUT2D eigenvalue weighted by Crippen LogP contribution is 2.27. The molecule has 1 aliphatic rings. The summed E-state index contributed by atoms with van der Waals surface area (Å²) in [6.45, 7) is 2.33. The molecule has 1 fully saturated rings. The zero-order valence-electron chi connectivity index (χ0n) is 11.7. The van der Waals surface area contributed by atoms with Crippen molar-refractivity contribution in [2.45, 2.75) is 19.1 Å². The van der Waals surface area contributed by atoms with Gasteiger partial charge in [-0.1, -0.05) is 41.1 Å². The van der Waals surface area contributed by atoms with Crippen LogP contribution in [0.1, 0.15) is 18.9 Å². The van der Waals surface area contributed by atoms with Crippen LogP contribution in [-0.4, -0.2) is 36.9 Å². The van der Waals surface area contributed by atoms with Gasteiger partial charge in [0.15, 0.2) is 0 Å². The zero-order valence-corrected chi connectivity index (χ0v) is 14.1. The highest BCUT2D eigenvalue weighted by molar-refractivity contribution is 9.10. The minimum absolute atomic E-state index is 0.0499. The van der Waals surface area contributed by atoms with E-state index in [9.17, 15) is 13.2 Å². The van der Waals surface area contributed by atoms with Gasteiger partial charge in [-0.05, 0) is 24.0 Å². The summed E-state index contributed by atoms with van der Waals surface area (Å²) < 4.78 is 27.1. The van der Waals surface area contributed by atoms with Gasteiger partial charge in [0.1, 0.15) is 0 Å². The number of aliphatic carboxylic acids is 1. The van der Waals surface area contributed by atoms with Gasteiger partial charge in [0.2, 0.25) is 10.0 Å². The molecule has 2 rings (SSSR count). The topological polar surface area (TPSA) is 74.7 Å². The summed E-state index contributed by atoms with van der Waals surface area (Å²) in [6.07, 6.45) is 0.524. The maximum Gasteiger partial charge on any atom is 0.307 e. The SMILES string of the molecule is CC1CC(C(=O)O)CN(S(=O)(=O)Cc2ccccc2Br)C1. The third-order valence-electron chi connectivity index (χ3n) is 3.66. The lowest BCUT2D eigenvalue weighted by Gasteiger charge is -2.33. The van der Waals surface area contributed by atoms with Crippen molar-refractivity contribution in [2.24, 2.45) is 11.8 Å². The largest absolute Gasteiger partial charge is 0.481 e. The lowest BCUT2D eigenvalue weighted by atomic mass is 9.92. The molecule has 0 aliphatic carbocycles. The number of carbonyl (C=O) groups is 1. The second-order valence-electron chi connectivity index (χ2n) is 5.54. The van der Waals surface area contributed by atoms with E-state index < -0.39 is 21.9 Å². The number of hydrogen-bond donors (Lipinski definition) is 1. The van der Waals surface area contributed by atoms with Crippen LogP contribution in [0.15, 0.2) is 28.7 Å². The summed E-state index contributed by atoms with van der Waals surface area (Å²) in [6, 6.07) is 7.16. The predicted octanol–water partition coefficient (Wildman–Crippen LogP) is 2.32. The fourth-order valence-corrected chi connectivity index (χ4v) is 4.94. The average molecular weight is 376 g/mol. The second kappa shape index (κ2) is 6.46. The molecule has 5 nitrogen and oxygen atoms in total. The number of halogens is 1. The molecule has 1 N–H and O–H groups in total. The summed E-state index contributed by atoms with van der Waals surface area (Å²) in [7, 11) is -3.52. The van der Waals surface area contributed by atoms with Crippen LogP contribution in [0.4, 0.5) is 0 Å². The molecule has 1 aromatic carbocycles. The number of carboxylic acids is 1. The minimum Gasteiger partial charge on any atom is -0.481 e. The maximum absolute atomic E-state index is 12.5. The third-order valence-corrected chi connectivity index (χ3v) is 6.20. The average Bonchev–Trinajstić information content (AvgIpc) is 2.40. The van der Waals surface area contributed by atoms with Crippen LogP contribution in [0.3, 0.4) is 0 Å². The van der Waals surface area contributed by atoms with E-state index >= 15 is 0 Å². The molecular formula is C14H18BrNO4S. The Morgan fingerprint density at radius 1 is 1.38 bits per heavy atom. The smallest absolute Gasteiger partial charge is 0.307 e. The molecule has 1 aliphatic heterocycles.